The molecule has 1 aromatic rings. The zero-order valence-electron chi connectivity index (χ0n) is 15.5. The highest BCUT2D eigenvalue weighted by molar-refractivity contribution is 7.88. The van der Waals surface area contributed by atoms with Crippen molar-refractivity contribution in [2.24, 2.45) is 5.92 Å². The van der Waals surface area contributed by atoms with Crippen molar-refractivity contribution in [2.75, 3.05) is 25.9 Å². The maximum atomic E-state index is 12.4. The van der Waals surface area contributed by atoms with E-state index in [1.165, 1.54) is 10.6 Å². The van der Waals surface area contributed by atoms with Crippen LogP contribution in [0.4, 0.5) is 0 Å². The van der Waals surface area contributed by atoms with Crippen molar-refractivity contribution in [1.29, 1.82) is 0 Å². The van der Waals surface area contributed by atoms with E-state index >= 15 is 0 Å². The molecular weight excluding hydrogens is 356 g/mol. The van der Waals surface area contributed by atoms with Gasteiger partial charge in [-0.2, -0.15) is 4.31 Å². The van der Waals surface area contributed by atoms with E-state index in [0.29, 0.717) is 43.1 Å². The van der Waals surface area contributed by atoms with Gasteiger partial charge in [0.1, 0.15) is 5.82 Å². The fraction of sp³-hybridized carbons (Fsp3) is 0.706. The van der Waals surface area contributed by atoms with Gasteiger partial charge in [-0.3, -0.25) is 9.59 Å². The monoisotopic (exact) mass is 382 g/mol. The summed E-state index contributed by atoms with van der Waals surface area (Å²) in [5, 5.41) is 0. The van der Waals surface area contributed by atoms with E-state index in [0.717, 1.165) is 12.8 Å². The van der Waals surface area contributed by atoms with Gasteiger partial charge in [-0.1, -0.05) is 13.8 Å². The van der Waals surface area contributed by atoms with Crippen LogP contribution in [0.15, 0.2) is 4.79 Å². The quantitative estimate of drug-likeness (QED) is 0.814. The topological polar surface area (TPSA) is 103 Å². The summed E-state index contributed by atoms with van der Waals surface area (Å²) in [5.41, 5.74) is 0.913. The number of aromatic amines is 1. The van der Waals surface area contributed by atoms with Crippen LogP contribution in [0, 0.1) is 5.92 Å². The highest BCUT2D eigenvalue weighted by Crippen LogP contribution is 2.27. The Balaban J connectivity index is 1.82. The zero-order chi connectivity index (χ0) is 19.1. The van der Waals surface area contributed by atoms with E-state index in [9.17, 15) is 18.0 Å². The lowest BCUT2D eigenvalue weighted by atomic mass is 10.1. The van der Waals surface area contributed by atoms with Crippen molar-refractivity contribution in [3.63, 3.8) is 0 Å². The van der Waals surface area contributed by atoms with E-state index in [2.05, 4.69) is 9.97 Å². The first-order chi connectivity index (χ1) is 12.2. The lowest BCUT2D eigenvalue weighted by molar-refractivity contribution is -0.134. The minimum absolute atomic E-state index is 0.00684. The van der Waals surface area contributed by atoms with Crippen LogP contribution in [-0.2, 0) is 27.8 Å². The van der Waals surface area contributed by atoms with Gasteiger partial charge in [0.2, 0.25) is 15.9 Å². The molecule has 1 saturated heterocycles. The number of nitrogens with zero attached hydrogens (tertiary/aromatic N) is 3. The number of rotatable bonds is 4. The number of amides is 1. The second-order valence-electron chi connectivity index (χ2n) is 7.30. The molecule has 3 rings (SSSR count). The molecular formula is C17H26N4O4S. The predicted octanol–water partition coefficient (Wildman–Crippen LogP) is 0.450. The fourth-order valence-electron chi connectivity index (χ4n) is 3.58. The summed E-state index contributed by atoms with van der Waals surface area (Å²) in [6.45, 7) is 5.55. The number of hydrogen-bond acceptors (Lipinski definition) is 5. The molecule has 8 nitrogen and oxygen atoms in total. The molecule has 1 fully saturated rings. The largest absolute Gasteiger partial charge is 0.342 e. The number of likely N-dealkylation sites (tertiary alicyclic amines) is 1. The summed E-state index contributed by atoms with van der Waals surface area (Å²) in [4.78, 5) is 34.1. The zero-order valence-corrected chi connectivity index (χ0v) is 16.3. The standard InChI is InChI=1S/C17H26N4O4S/c1-4-11(2)17(23)20-7-5-12(9-20)15-18-14-10-21(26(3,24)25)8-6-13(14)16(22)19-15/h11-12H,4-10H2,1-3H3,(H,18,19,22)/t11-,12-/m1/s1. The van der Waals surface area contributed by atoms with Crippen LogP contribution in [0.1, 0.15) is 49.7 Å². The van der Waals surface area contributed by atoms with Crippen LogP contribution in [0.25, 0.3) is 0 Å². The van der Waals surface area contributed by atoms with Crippen molar-refractivity contribution in [2.45, 2.75) is 45.6 Å². The first kappa shape index (κ1) is 19.0. The summed E-state index contributed by atoms with van der Waals surface area (Å²) < 4.78 is 24.9. The molecule has 26 heavy (non-hydrogen) atoms. The highest BCUT2D eigenvalue weighted by Gasteiger charge is 2.32. The molecule has 0 radical (unpaired) electrons. The molecule has 2 atom stereocenters. The van der Waals surface area contributed by atoms with Gasteiger partial charge >= 0.3 is 0 Å². The minimum Gasteiger partial charge on any atom is -0.342 e. The van der Waals surface area contributed by atoms with Crippen LogP contribution in [0.3, 0.4) is 0 Å². The number of hydrogen-bond donors (Lipinski definition) is 1. The normalized spacial score (nSPS) is 22.3. The number of H-pyrrole nitrogens is 1. The number of carbonyl (C=O) groups is 1. The van der Waals surface area contributed by atoms with E-state index in [4.69, 9.17) is 0 Å². The molecule has 0 spiro atoms. The summed E-state index contributed by atoms with van der Waals surface area (Å²) >= 11 is 0. The predicted molar refractivity (Wildman–Crippen MR) is 97.2 cm³/mol. The summed E-state index contributed by atoms with van der Waals surface area (Å²) in [6.07, 6.45) is 3.09. The molecule has 0 bridgehead atoms. The average Bonchev–Trinajstić information content (AvgIpc) is 3.09. The number of carbonyl (C=O) groups excluding carboxylic acids is 1. The Morgan fingerprint density at radius 2 is 2.12 bits per heavy atom. The maximum absolute atomic E-state index is 12.4. The van der Waals surface area contributed by atoms with Gasteiger partial charge in [0.25, 0.3) is 5.56 Å². The van der Waals surface area contributed by atoms with Crippen molar-refractivity contribution in [3.05, 3.63) is 27.4 Å². The Bertz CT molecular complexity index is 864. The number of sulfonamides is 1. The number of fused-ring (bicyclic) bond motifs is 1. The molecule has 0 aliphatic carbocycles. The van der Waals surface area contributed by atoms with Crippen LogP contribution in [-0.4, -0.2) is 59.4 Å². The van der Waals surface area contributed by atoms with E-state index < -0.39 is 10.0 Å². The second kappa shape index (κ2) is 7.11. The Labute approximate surface area is 153 Å². The lowest BCUT2D eigenvalue weighted by Gasteiger charge is -2.26. The molecule has 3 heterocycles. The molecule has 144 valence electrons. The molecule has 0 unspecified atom stereocenters. The smallest absolute Gasteiger partial charge is 0.254 e. The van der Waals surface area contributed by atoms with Crippen molar-refractivity contribution in [3.8, 4) is 0 Å². The van der Waals surface area contributed by atoms with Crippen LogP contribution >= 0.6 is 0 Å². The molecule has 0 saturated carbocycles. The van der Waals surface area contributed by atoms with Crippen molar-refractivity contribution < 1.29 is 13.2 Å². The third-order valence-corrected chi connectivity index (χ3v) is 6.70. The molecule has 2 aliphatic rings. The van der Waals surface area contributed by atoms with Crippen LogP contribution in [0.5, 0.6) is 0 Å². The van der Waals surface area contributed by atoms with E-state index in [-0.39, 0.29) is 29.8 Å². The molecule has 1 aromatic heterocycles. The second-order valence-corrected chi connectivity index (χ2v) is 9.28. The number of nitrogens with one attached hydrogen (secondary N) is 1. The van der Waals surface area contributed by atoms with Gasteiger partial charge < -0.3 is 9.88 Å². The molecule has 1 N–H and O–H groups in total. The Kier molecular flexibility index (Phi) is 5.21. The van der Waals surface area contributed by atoms with Gasteiger partial charge in [0.05, 0.1) is 18.5 Å². The molecule has 0 aromatic carbocycles. The molecule has 2 aliphatic heterocycles. The Hall–Kier alpha value is -1.74. The first-order valence-corrected chi connectivity index (χ1v) is 10.9. The van der Waals surface area contributed by atoms with Crippen LogP contribution in [0.2, 0.25) is 0 Å². The van der Waals surface area contributed by atoms with E-state index in [1.807, 2.05) is 18.7 Å². The summed E-state index contributed by atoms with van der Waals surface area (Å²) in [7, 11) is -3.32. The van der Waals surface area contributed by atoms with Crippen molar-refractivity contribution >= 4 is 15.9 Å². The third-order valence-electron chi connectivity index (χ3n) is 5.45. The van der Waals surface area contributed by atoms with Crippen molar-refractivity contribution in [1.82, 2.24) is 19.2 Å². The average molecular weight is 382 g/mol. The van der Waals surface area contributed by atoms with Gasteiger partial charge in [0, 0.05) is 37.0 Å². The molecule has 9 heteroatoms. The maximum Gasteiger partial charge on any atom is 0.254 e. The van der Waals surface area contributed by atoms with Crippen LogP contribution < -0.4 is 5.56 Å². The highest BCUT2D eigenvalue weighted by atomic mass is 32.2. The first-order valence-electron chi connectivity index (χ1n) is 9.06. The molecule has 1 amide bonds. The minimum atomic E-state index is -3.32. The van der Waals surface area contributed by atoms with Gasteiger partial charge in [-0.15, -0.1) is 0 Å². The fourth-order valence-corrected chi connectivity index (χ4v) is 4.36. The van der Waals surface area contributed by atoms with Gasteiger partial charge in [-0.25, -0.2) is 13.4 Å². The Morgan fingerprint density at radius 1 is 1.38 bits per heavy atom. The summed E-state index contributed by atoms with van der Waals surface area (Å²) in [6, 6.07) is 0. The lowest BCUT2D eigenvalue weighted by Crippen LogP contribution is -2.39. The summed E-state index contributed by atoms with van der Waals surface area (Å²) in [5.74, 6) is 0.671. The Morgan fingerprint density at radius 3 is 2.77 bits per heavy atom. The number of aromatic nitrogens is 2. The van der Waals surface area contributed by atoms with Gasteiger partial charge in [-0.05, 0) is 19.3 Å². The van der Waals surface area contributed by atoms with E-state index in [1.54, 1.807) is 0 Å². The van der Waals surface area contributed by atoms with Gasteiger partial charge in [0.15, 0.2) is 0 Å². The SMILES string of the molecule is CC[C@@H](C)C(=O)N1CC[C@@H](c2nc3c(c(=O)[nH]2)CCN(S(C)(=O)=O)C3)C1. The third kappa shape index (κ3) is 3.68.